The van der Waals surface area contributed by atoms with Gasteiger partial charge in [0.2, 0.25) is 0 Å². The average molecular weight is 400 g/mol. The Bertz CT molecular complexity index is 1020. The molecule has 0 bridgehead atoms. The highest BCUT2D eigenvalue weighted by atomic mass is 19.4. The molecule has 1 aliphatic heterocycles. The second-order valence-electron chi connectivity index (χ2n) is 7.75. The Morgan fingerprint density at radius 2 is 1.79 bits per heavy atom. The van der Waals surface area contributed by atoms with Gasteiger partial charge in [-0.15, -0.1) is 0 Å². The summed E-state index contributed by atoms with van der Waals surface area (Å²) < 4.78 is 40.6. The molecular formula is C23H23F3N2O. The number of aromatic nitrogens is 1. The van der Waals surface area contributed by atoms with Gasteiger partial charge < -0.3 is 9.47 Å². The quantitative estimate of drug-likeness (QED) is 0.550. The van der Waals surface area contributed by atoms with Gasteiger partial charge >= 0.3 is 6.18 Å². The summed E-state index contributed by atoms with van der Waals surface area (Å²) in [4.78, 5) is 15.4. The molecule has 0 N–H and O–H groups in total. The van der Waals surface area contributed by atoms with E-state index in [-0.39, 0.29) is 11.3 Å². The minimum Gasteiger partial charge on any atom is -0.345 e. The molecule has 1 aliphatic rings. The zero-order chi connectivity index (χ0) is 20.6. The first-order valence-electron chi connectivity index (χ1n) is 9.84. The Hall–Kier alpha value is -2.60. The SMILES string of the molecule is CN1CCCCC1Cn1cc(C(=O)c2ccc(C(F)(F)F)cc2)c2ccccc21. The van der Waals surface area contributed by atoms with Crippen molar-refractivity contribution in [1.29, 1.82) is 0 Å². The third kappa shape index (κ3) is 3.94. The molecular weight excluding hydrogens is 377 g/mol. The molecule has 0 radical (unpaired) electrons. The number of alkyl halides is 3. The first-order chi connectivity index (χ1) is 13.8. The zero-order valence-electron chi connectivity index (χ0n) is 16.2. The number of nitrogens with zero attached hydrogens (tertiary/aromatic N) is 2. The number of para-hydroxylation sites is 1. The summed E-state index contributed by atoms with van der Waals surface area (Å²) in [6.07, 6.45) is 0.963. The van der Waals surface area contributed by atoms with Gasteiger partial charge in [0.1, 0.15) is 0 Å². The smallest absolute Gasteiger partial charge is 0.345 e. The fraction of sp³-hybridized carbons (Fsp3) is 0.348. The Morgan fingerprint density at radius 3 is 2.48 bits per heavy atom. The highest BCUT2D eigenvalue weighted by Crippen LogP contribution is 2.30. The molecule has 6 heteroatoms. The predicted octanol–water partition coefficient (Wildman–Crippen LogP) is 5.38. The Labute approximate surface area is 167 Å². The molecule has 1 unspecified atom stereocenters. The van der Waals surface area contributed by atoms with Crippen molar-refractivity contribution in [3.05, 3.63) is 71.4 Å². The van der Waals surface area contributed by atoms with Crippen molar-refractivity contribution in [3.63, 3.8) is 0 Å². The first-order valence-corrected chi connectivity index (χ1v) is 9.84. The molecule has 0 aliphatic carbocycles. The van der Waals surface area contributed by atoms with Crippen LogP contribution in [0.4, 0.5) is 13.2 Å². The van der Waals surface area contributed by atoms with Crippen molar-refractivity contribution >= 4 is 16.7 Å². The molecule has 152 valence electrons. The second-order valence-corrected chi connectivity index (χ2v) is 7.75. The third-order valence-electron chi connectivity index (χ3n) is 5.84. The summed E-state index contributed by atoms with van der Waals surface area (Å²) >= 11 is 0. The maximum atomic E-state index is 13.1. The van der Waals surface area contributed by atoms with E-state index < -0.39 is 11.7 Å². The standard InChI is InChI=1S/C23H23F3N2O/c1-27-13-5-4-6-18(27)14-28-15-20(19-7-2-3-8-21(19)28)22(29)16-9-11-17(12-10-16)23(24,25)26/h2-3,7-12,15,18H,4-6,13-14H2,1H3. The number of piperidine rings is 1. The summed E-state index contributed by atoms with van der Waals surface area (Å²) in [5.41, 5.74) is 1.01. The van der Waals surface area contributed by atoms with Crippen molar-refractivity contribution in [1.82, 2.24) is 9.47 Å². The average Bonchev–Trinajstić information content (AvgIpc) is 3.07. The van der Waals surface area contributed by atoms with E-state index in [1.165, 1.54) is 25.0 Å². The van der Waals surface area contributed by atoms with E-state index in [2.05, 4.69) is 16.5 Å². The number of likely N-dealkylation sites (N-methyl/N-ethyl adjacent to an activating group) is 1. The third-order valence-corrected chi connectivity index (χ3v) is 5.84. The molecule has 29 heavy (non-hydrogen) atoms. The lowest BCUT2D eigenvalue weighted by Crippen LogP contribution is -2.39. The van der Waals surface area contributed by atoms with Crippen LogP contribution in [0.2, 0.25) is 0 Å². The minimum atomic E-state index is -4.41. The summed E-state index contributed by atoms with van der Waals surface area (Å²) in [6.45, 7) is 1.86. The molecule has 1 fully saturated rings. The molecule has 1 atom stereocenters. The number of halogens is 3. The van der Waals surface area contributed by atoms with Gasteiger partial charge in [0.15, 0.2) is 5.78 Å². The topological polar surface area (TPSA) is 25.2 Å². The van der Waals surface area contributed by atoms with E-state index in [4.69, 9.17) is 0 Å². The number of benzene rings is 2. The minimum absolute atomic E-state index is 0.259. The first kappa shape index (κ1) is 19.7. The summed E-state index contributed by atoms with van der Waals surface area (Å²) in [6, 6.07) is 12.5. The normalized spacial score (nSPS) is 18.3. The Kier molecular flexibility index (Phi) is 5.21. The molecule has 0 amide bonds. The van der Waals surface area contributed by atoms with Crippen molar-refractivity contribution < 1.29 is 18.0 Å². The van der Waals surface area contributed by atoms with Crippen LogP contribution >= 0.6 is 0 Å². The molecule has 4 rings (SSSR count). The number of fused-ring (bicyclic) bond motifs is 1. The molecule has 0 saturated carbocycles. The van der Waals surface area contributed by atoms with E-state index in [1.54, 1.807) is 0 Å². The monoisotopic (exact) mass is 400 g/mol. The van der Waals surface area contributed by atoms with Gasteiger partial charge in [-0.2, -0.15) is 13.2 Å². The molecule has 2 aromatic carbocycles. The Morgan fingerprint density at radius 1 is 1.07 bits per heavy atom. The zero-order valence-corrected chi connectivity index (χ0v) is 16.2. The Balaban J connectivity index is 1.68. The van der Waals surface area contributed by atoms with E-state index in [0.717, 1.165) is 42.5 Å². The summed E-state index contributed by atoms with van der Waals surface area (Å²) in [5.74, 6) is -0.259. The van der Waals surface area contributed by atoms with Gasteiger partial charge in [-0.1, -0.05) is 36.8 Å². The van der Waals surface area contributed by atoms with Crippen molar-refractivity contribution in [2.24, 2.45) is 0 Å². The van der Waals surface area contributed by atoms with Crippen LogP contribution in [0.15, 0.2) is 54.7 Å². The summed E-state index contributed by atoms with van der Waals surface area (Å²) in [7, 11) is 2.13. The lowest BCUT2D eigenvalue weighted by Gasteiger charge is -2.32. The van der Waals surface area contributed by atoms with Gasteiger partial charge in [-0.05, 0) is 44.6 Å². The highest BCUT2D eigenvalue weighted by Gasteiger charge is 2.30. The number of likely N-dealkylation sites (tertiary alicyclic amines) is 1. The van der Waals surface area contributed by atoms with Crippen LogP contribution in [0.3, 0.4) is 0 Å². The van der Waals surface area contributed by atoms with Crippen molar-refractivity contribution in [3.8, 4) is 0 Å². The van der Waals surface area contributed by atoms with Crippen molar-refractivity contribution in [2.75, 3.05) is 13.6 Å². The number of hydrogen-bond acceptors (Lipinski definition) is 2. The van der Waals surface area contributed by atoms with E-state index in [0.29, 0.717) is 11.6 Å². The van der Waals surface area contributed by atoms with Gasteiger partial charge in [0.05, 0.1) is 5.56 Å². The fourth-order valence-corrected chi connectivity index (χ4v) is 4.15. The summed E-state index contributed by atoms with van der Waals surface area (Å²) in [5, 5.41) is 0.830. The molecule has 3 nitrogen and oxygen atoms in total. The maximum absolute atomic E-state index is 13.1. The van der Waals surface area contributed by atoms with E-state index in [9.17, 15) is 18.0 Å². The lowest BCUT2D eigenvalue weighted by molar-refractivity contribution is -0.137. The van der Waals surface area contributed by atoms with Crippen LogP contribution in [0, 0.1) is 0 Å². The maximum Gasteiger partial charge on any atom is 0.416 e. The van der Waals surface area contributed by atoms with Crippen LogP contribution in [-0.2, 0) is 12.7 Å². The van der Waals surface area contributed by atoms with Crippen LogP contribution in [0.5, 0.6) is 0 Å². The highest BCUT2D eigenvalue weighted by molar-refractivity contribution is 6.16. The van der Waals surface area contributed by atoms with Gasteiger partial charge in [-0.3, -0.25) is 4.79 Å². The van der Waals surface area contributed by atoms with Crippen LogP contribution in [-0.4, -0.2) is 34.9 Å². The van der Waals surface area contributed by atoms with Crippen LogP contribution in [0.25, 0.3) is 10.9 Å². The van der Waals surface area contributed by atoms with E-state index in [1.807, 2.05) is 30.5 Å². The number of ketones is 1. The molecule has 1 saturated heterocycles. The van der Waals surface area contributed by atoms with Gasteiger partial charge in [-0.25, -0.2) is 0 Å². The van der Waals surface area contributed by atoms with E-state index >= 15 is 0 Å². The van der Waals surface area contributed by atoms with Gasteiger partial charge in [0, 0.05) is 40.8 Å². The molecule has 0 spiro atoms. The number of carbonyl (C=O) groups is 1. The number of carbonyl (C=O) groups excluding carboxylic acids is 1. The number of hydrogen-bond donors (Lipinski definition) is 0. The van der Waals surface area contributed by atoms with Crippen LogP contribution < -0.4 is 0 Å². The molecule has 1 aromatic heterocycles. The molecule has 3 aromatic rings. The largest absolute Gasteiger partial charge is 0.416 e. The lowest BCUT2D eigenvalue weighted by atomic mass is 10.0. The fourth-order valence-electron chi connectivity index (χ4n) is 4.15. The predicted molar refractivity (Wildman–Crippen MR) is 107 cm³/mol. The van der Waals surface area contributed by atoms with Crippen LogP contribution in [0.1, 0.15) is 40.7 Å². The van der Waals surface area contributed by atoms with Gasteiger partial charge in [0.25, 0.3) is 0 Å². The second kappa shape index (κ2) is 7.67. The van der Waals surface area contributed by atoms with Crippen molar-refractivity contribution in [2.45, 2.75) is 38.0 Å². The number of rotatable bonds is 4. The molecule has 2 heterocycles.